The molecule has 0 saturated carbocycles. The van der Waals surface area contributed by atoms with E-state index in [4.69, 9.17) is 0 Å². The van der Waals surface area contributed by atoms with E-state index < -0.39 is 22.8 Å². The number of carbonyl (C=O) groups is 2. The predicted molar refractivity (Wildman–Crippen MR) is 68.3 cm³/mol. The van der Waals surface area contributed by atoms with Gasteiger partial charge in [-0.3, -0.25) is 9.59 Å². The van der Waals surface area contributed by atoms with Crippen molar-refractivity contribution in [2.24, 2.45) is 10.8 Å². The van der Waals surface area contributed by atoms with E-state index in [0.717, 1.165) is 0 Å². The number of rotatable bonds is 6. The molecule has 2 unspecified atom stereocenters. The van der Waals surface area contributed by atoms with Crippen molar-refractivity contribution in [1.82, 2.24) is 0 Å². The number of allylic oxidation sites excluding steroid dienone is 1. The Kier molecular flexibility index (Phi) is 4.54. The summed E-state index contributed by atoms with van der Waals surface area (Å²) in [5.74, 6) is -1.97. The van der Waals surface area contributed by atoms with Gasteiger partial charge >= 0.3 is 11.9 Å². The Balaban J connectivity index is 3.38. The van der Waals surface area contributed by atoms with Crippen LogP contribution in [0, 0.1) is 10.8 Å². The maximum absolute atomic E-state index is 11.8. The molecule has 1 rings (SSSR count). The topological polar surface area (TPSA) is 74.6 Å². The lowest BCUT2D eigenvalue weighted by atomic mass is 9.55. The fourth-order valence-corrected chi connectivity index (χ4v) is 3.28. The molecule has 0 spiro atoms. The van der Waals surface area contributed by atoms with Crippen LogP contribution in [-0.2, 0) is 9.59 Å². The molecular weight excluding hydrogens is 232 g/mol. The summed E-state index contributed by atoms with van der Waals surface area (Å²) in [5.41, 5.74) is -2.40. The average Bonchev–Trinajstić information content (AvgIpc) is 2.31. The van der Waals surface area contributed by atoms with Gasteiger partial charge < -0.3 is 10.2 Å². The van der Waals surface area contributed by atoms with Crippen molar-refractivity contribution in [3.05, 3.63) is 12.2 Å². The first-order chi connectivity index (χ1) is 8.47. The molecule has 102 valence electrons. The minimum Gasteiger partial charge on any atom is -0.481 e. The Morgan fingerprint density at radius 2 is 1.72 bits per heavy atom. The van der Waals surface area contributed by atoms with E-state index >= 15 is 0 Å². The van der Waals surface area contributed by atoms with Crippen LogP contribution in [0.1, 0.15) is 52.4 Å². The fourth-order valence-electron chi connectivity index (χ4n) is 3.28. The van der Waals surface area contributed by atoms with Crippen LogP contribution >= 0.6 is 0 Å². The molecule has 0 amide bonds. The zero-order chi connectivity index (χ0) is 13.8. The van der Waals surface area contributed by atoms with Gasteiger partial charge in [0, 0.05) is 0 Å². The van der Waals surface area contributed by atoms with Gasteiger partial charge in [0.1, 0.15) is 5.41 Å². The van der Waals surface area contributed by atoms with Crippen molar-refractivity contribution in [3.8, 4) is 0 Å². The summed E-state index contributed by atoms with van der Waals surface area (Å²) in [6.07, 6.45) is 6.65. The molecule has 0 heterocycles. The summed E-state index contributed by atoms with van der Waals surface area (Å²) in [4.78, 5) is 23.5. The molecule has 1 aliphatic carbocycles. The highest BCUT2D eigenvalue weighted by Crippen LogP contribution is 2.53. The highest BCUT2D eigenvalue weighted by Gasteiger charge is 2.59. The van der Waals surface area contributed by atoms with E-state index in [-0.39, 0.29) is 0 Å². The molecule has 0 radical (unpaired) electrons. The normalized spacial score (nSPS) is 31.2. The fraction of sp³-hybridized carbons (Fsp3) is 0.714. The molecule has 1 aliphatic rings. The third-order valence-corrected chi connectivity index (χ3v) is 4.11. The van der Waals surface area contributed by atoms with E-state index in [2.05, 4.69) is 0 Å². The number of aliphatic carboxylic acids is 2. The smallest absolute Gasteiger partial charge is 0.314 e. The quantitative estimate of drug-likeness (QED) is 0.714. The van der Waals surface area contributed by atoms with Crippen LogP contribution in [-0.4, -0.2) is 22.2 Å². The zero-order valence-corrected chi connectivity index (χ0v) is 11.1. The van der Waals surface area contributed by atoms with Crippen molar-refractivity contribution in [2.75, 3.05) is 0 Å². The van der Waals surface area contributed by atoms with Crippen LogP contribution in [0.15, 0.2) is 12.2 Å². The van der Waals surface area contributed by atoms with Crippen molar-refractivity contribution >= 4 is 11.9 Å². The van der Waals surface area contributed by atoms with Gasteiger partial charge in [-0.15, -0.1) is 0 Å². The number of carboxylic acids is 2. The number of carboxylic acid groups (broad SMARTS) is 2. The molecule has 0 bridgehead atoms. The molecule has 0 saturated heterocycles. The maximum Gasteiger partial charge on any atom is 0.314 e. The summed E-state index contributed by atoms with van der Waals surface area (Å²) < 4.78 is 0. The summed E-state index contributed by atoms with van der Waals surface area (Å²) >= 11 is 0. The zero-order valence-electron chi connectivity index (χ0n) is 11.1. The summed E-state index contributed by atoms with van der Waals surface area (Å²) in [7, 11) is 0. The molecule has 18 heavy (non-hydrogen) atoms. The molecule has 0 aliphatic heterocycles. The van der Waals surface area contributed by atoms with Gasteiger partial charge in [0.15, 0.2) is 0 Å². The van der Waals surface area contributed by atoms with Gasteiger partial charge in [-0.1, -0.05) is 38.8 Å². The minimum absolute atomic E-state index is 0.380. The first-order valence-electron chi connectivity index (χ1n) is 6.61. The van der Waals surface area contributed by atoms with Crippen LogP contribution in [0.5, 0.6) is 0 Å². The number of hydrogen-bond acceptors (Lipinski definition) is 2. The van der Waals surface area contributed by atoms with Crippen LogP contribution in [0.25, 0.3) is 0 Å². The van der Waals surface area contributed by atoms with Gasteiger partial charge in [0.25, 0.3) is 0 Å². The van der Waals surface area contributed by atoms with Crippen LogP contribution < -0.4 is 0 Å². The van der Waals surface area contributed by atoms with E-state index in [1.807, 2.05) is 19.9 Å². The Labute approximate surface area is 108 Å². The van der Waals surface area contributed by atoms with Gasteiger partial charge in [-0.2, -0.15) is 0 Å². The largest absolute Gasteiger partial charge is 0.481 e. The third kappa shape index (κ3) is 2.04. The first kappa shape index (κ1) is 14.7. The predicted octanol–water partition coefficient (Wildman–Crippen LogP) is 3.08. The van der Waals surface area contributed by atoms with Crippen LogP contribution in [0.4, 0.5) is 0 Å². The SMILES string of the molecule is CCCC1(C(=O)O)C=CCCC1(CCC)C(=O)O. The molecule has 2 N–H and O–H groups in total. The maximum atomic E-state index is 11.8. The Bertz CT molecular complexity index is 361. The second-order valence-electron chi connectivity index (χ2n) is 5.10. The lowest BCUT2D eigenvalue weighted by molar-refractivity contribution is -0.173. The minimum atomic E-state index is -1.25. The Morgan fingerprint density at radius 1 is 1.11 bits per heavy atom. The monoisotopic (exact) mass is 254 g/mol. The van der Waals surface area contributed by atoms with Gasteiger partial charge in [0.2, 0.25) is 0 Å². The van der Waals surface area contributed by atoms with Crippen molar-refractivity contribution in [3.63, 3.8) is 0 Å². The van der Waals surface area contributed by atoms with E-state index in [1.54, 1.807) is 6.08 Å². The molecule has 4 heteroatoms. The standard InChI is InChI=1S/C14H22O4/c1-3-7-13(11(15)16)9-5-6-10-14(13,8-4-2)12(17)18/h5,9H,3-4,6-8,10H2,1-2H3,(H,15,16)(H,17,18). The summed E-state index contributed by atoms with van der Waals surface area (Å²) in [6.45, 7) is 3.80. The van der Waals surface area contributed by atoms with Gasteiger partial charge in [0.05, 0.1) is 5.41 Å². The van der Waals surface area contributed by atoms with E-state index in [0.29, 0.717) is 38.5 Å². The second kappa shape index (κ2) is 5.55. The summed E-state index contributed by atoms with van der Waals surface area (Å²) in [6, 6.07) is 0. The summed E-state index contributed by atoms with van der Waals surface area (Å²) in [5, 5.41) is 19.3. The van der Waals surface area contributed by atoms with Crippen LogP contribution in [0.2, 0.25) is 0 Å². The molecule has 0 aromatic heterocycles. The van der Waals surface area contributed by atoms with Gasteiger partial charge in [-0.25, -0.2) is 0 Å². The van der Waals surface area contributed by atoms with E-state index in [9.17, 15) is 19.8 Å². The average molecular weight is 254 g/mol. The number of hydrogen-bond donors (Lipinski definition) is 2. The van der Waals surface area contributed by atoms with Crippen molar-refractivity contribution in [1.29, 1.82) is 0 Å². The molecule has 4 nitrogen and oxygen atoms in total. The first-order valence-corrected chi connectivity index (χ1v) is 6.61. The molecule has 0 fully saturated rings. The molecular formula is C14H22O4. The Morgan fingerprint density at radius 3 is 2.17 bits per heavy atom. The van der Waals surface area contributed by atoms with E-state index in [1.165, 1.54) is 0 Å². The van der Waals surface area contributed by atoms with Crippen molar-refractivity contribution in [2.45, 2.75) is 52.4 Å². The van der Waals surface area contributed by atoms with Crippen LogP contribution in [0.3, 0.4) is 0 Å². The Hall–Kier alpha value is -1.32. The van der Waals surface area contributed by atoms with Crippen molar-refractivity contribution < 1.29 is 19.8 Å². The third-order valence-electron chi connectivity index (χ3n) is 4.11. The highest BCUT2D eigenvalue weighted by atomic mass is 16.4. The lowest BCUT2D eigenvalue weighted by Gasteiger charge is -2.45. The second-order valence-corrected chi connectivity index (χ2v) is 5.10. The lowest BCUT2D eigenvalue weighted by Crippen LogP contribution is -2.52. The molecule has 0 aromatic rings. The van der Waals surface area contributed by atoms with Gasteiger partial charge in [-0.05, 0) is 25.7 Å². The highest BCUT2D eigenvalue weighted by molar-refractivity contribution is 5.88. The molecule has 2 atom stereocenters. The molecule has 0 aromatic carbocycles.